The smallest absolute Gasteiger partial charge is 0.343 e. The van der Waals surface area contributed by atoms with E-state index in [1.807, 2.05) is 18.2 Å². The Morgan fingerprint density at radius 2 is 1.33 bits per heavy atom. The molecule has 8 nitrogen and oxygen atoms in total. The predicted octanol–water partition coefficient (Wildman–Crippen LogP) is 7.29. The topological polar surface area (TPSA) is 92.7 Å². The minimum Gasteiger partial charge on any atom is -0.508 e. The van der Waals surface area contributed by atoms with Crippen molar-refractivity contribution in [1.82, 2.24) is 0 Å². The zero-order valence-corrected chi connectivity index (χ0v) is 30.9. The first-order valence-electron chi connectivity index (χ1n) is 16.9. The Hall–Kier alpha value is -4.93. The summed E-state index contributed by atoms with van der Waals surface area (Å²) in [5.41, 5.74) is 2.55. The van der Waals surface area contributed by atoms with Gasteiger partial charge in [-0.15, -0.1) is 0 Å². The van der Waals surface area contributed by atoms with Crippen molar-refractivity contribution in [3.63, 3.8) is 0 Å². The molecule has 266 valence electrons. The Morgan fingerprint density at radius 3 is 1.92 bits per heavy atom. The maximum atomic E-state index is 12.9. The fourth-order valence-electron chi connectivity index (χ4n) is 6.33. The molecule has 1 N–H and O–H groups in total. The molecule has 0 heterocycles. The van der Waals surface area contributed by atoms with Crippen LogP contribution in [0.4, 0.5) is 0 Å². The van der Waals surface area contributed by atoms with Gasteiger partial charge in [-0.3, -0.25) is 0 Å². The average molecular weight is 707 g/mol. The molecule has 0 aliphatic rings. The van der Waals surface area contributed by atoms with Crippen LogP contribution in [0.1, 0.15) is 47.8 Å². The number of phenolic OH excluding ortho intramolecular Hbond substituents is 1. The molecular weight excluding hydrogens is 661 g/mol. The molecule has 0 saturated heterocycles. The molecule has 0 spiro atoms. The van der Waals surface area contributed by atoms with E-state index in [1.165, 1.54) is 0 Å². The molecule has 0 saturated carbocycles. The number of hydrogen-bond acceptors (Lipinski definition) is 8. The van der Waals surface area contributed by atoms with Crippen molar-refractivity contribution in [2.75, 3.05) is 34.2 Å². The van der Waals surface area contributed by atoms with Crippen molar-refractivity contribution in [1.29, 1.82) is 0 Å². The predicted molar refractivity (Wildman–Crippen MR) is 201 cm³/mol. The maximum absolute atomic E-state index is 12.9. The highest BCUT2D eigenvalue weighted by Gasteiger charge is 2.50. The van der Waals surface area contributed by atoms with Crippen LogP contribution in [0.5, 0.6) is 23.0 Å². The first kappa shape index (κ1) is 37.3. The van der Waals surface area contributed by atoms with Gasteiger partial charge in [0.25, 0.3) is 8.32 Å². The number of carbonyl (C=O) groups excluding carboxylic acids is 1. The Labute approximate surface area is 301 Å². The van der Waals surface area contributed by atoms with Gasteiger partial charge < -0.3 is 33.2 Å². The summed E-state index contributed by atoms with van der Waals surface area (Å²) >= 11 is 0. The van der Waals surface area contributed by atoms with Gasteiger partial charge in [-0.2, -0.15) is 0 Å². The third-order valence-corrected chi connectivity index (χ3v) is 13.6. The van der Waals surface area contributed by atoms with Crippen LogP contribution < -0.4 is 24.6 Å². The van der Waals surface area contributed by atoms with Gasteiger partial charge in [0, 0.05) is 30.2 Å². The summed E-state index contributed by atoms with van der Waals surface area (Å²) in [5, 5.41) is 13.1. The lowest BCUT2D eigenvalue weighted by molar-refractivity contribution is -0.00885. The lowest BCUT2D eigenvalue weighted by Gasteiger charge is -2.43. The number of phenols is 1. The van der Waals surface area contributed by atoms with Gasteiger partial charge in [0.15, 0.2) is 6.79 Å². The zero-order chi connectivity index (χ0) is 36.3. The van der Waals surface area contributed by atoms with Crippen LogP contribution in [0.2, 0.25) is 5.04 Å². The van der Waals surface area contributed by atoms with Crippen LogP contribution >= 0.6 is 0 Å². The summed E-state index contributed by atoms with van der Waals surface area (Å²) in [6, 6.07) is 38.2. The normalized spacial score (nSPS) is 11.6. The second kappa shape index (κ2) is 17.3. The van der Waals surface area contributed by atoms with Crippen molar-refractivity contribution in [3.05, 3.63) is 144 Å². The number of ether oxygens (including phenoxy) is 5. The fourth-order valence-corrected chi connectivity index (χ4v) is 10.9. The summed E-state index contributed by atoms with van der Waals surface area (Å²) in [5.74, 6) is 1.06. The Balaban J connectivity index is 1.50. The second-order valence-electron chi connectivity index (χ2n) is 13.1. The van der Waals surface area contributed by atoms with E-state index < -0.39 is 14.3 Å². The molecule has 51 heavy (non-hydrogen) atoms. The van der Waals surface area contributed by atoms with Crippen molar-refractivity contribution in [2.24, 2.45) is 0 Å². The maximum Gasteiger partial charge on any atom is 0.343 e. The van der Waals surface area contributed by atoms with Crippen molar-refractivity contribution in [3.8, 4) is 23.0 Å². The molecule has 0 aliphatic heterocycles. The third kappa shape index (κ3) is 9.06. The van der Waals surface area contributed by atoms with Gasteiger partial charge in [-0.25, -0.2) is 4.79 Å². The molecule has 0 unspecified atom stereocenters. The molecule has 0 fully saturated rings. The molecular formula is C42H46O8Si. The summed E-state index contributed by atoms with van der Waals surface area (Å²) in [7, 11) is 0.328. The molecule has 5 aromatic rings. The molecule has 0 aliphatic carbocycles. The van der Waals surface area contributed by atoms with Crippen LogP contribution in [0.3, 0.4) is 0 Å². The minimum atomic E-state index is -2.89. The van der Waals surface area contributed by atoms with Crippen LogP contribution in [0.15, 0.2) is 121 Å². The van der Waals surface area contributed by atoms with Crippen LogP contribution in [-0.2, 0) is 26.9 Å². The van der Waals surface area contributed by atoms with E-state index in [0.29, 0.717) is 52.7 Å². The molecule has 0 aromatic heterocycles. The number of aromatic hydroxyl groups is 1. The van der Waals surface area contributed by atoms with E-state index in [2.05, 4.69) is 69.3 Å². The number of methoxy groups -OCH3 is 2. The average Bonchev–Trinajstić information content (AvgIpc) is 3.13. The number of hydrogen-bond donors (Lipinski definition) is 1. The van der Waals surface area contributed by atoms with Gasteiger partial charge in [-0.1, -0.05) is 99.6 Å². The molecule has 0 bridgehead atoms. The van der Waals surface area contributed by atoms with Gasteiger partial charge in [0.05, 0.1) is 32.5 Å². The highest BCUT2D eigenvalue weighted by atomic mass is 28.4. The zero-order valence-electron chi connectivity index (χ0n) is 29.9. The molecule has 5 rings (SSSR count). The largest absolute Gasteiger partial charge is 0.508 e. The lowest BCUT2D eigenvalue weighted by atomic mass is 10.00. The monoisotopic (exact) mass is 706 g/mol. The Kier molecular flexibility index (Phi) is 12.7. The quantitative estimate of drug-likeness (QED) is 0.0376. The standard InChI is InChI=1S/C42H46O8Si/c1-42(2,3)51(37-17-11-7-12-18-37,38-19-13-8-14-20-38)49-29-34-27-35(43)26-33(40(34)46-5)25-32-28-36(50-41(44)31-15-9-6-10-16-31)21-22-39(32)48-30-47-24-23-45-4/h6-22,26-28,43H,23-25,29-30H2,1-5H3. The van der Waals surface area contributed by atoms with E-state index in [1.54, 1.807) is 68.8 Å². The van der Waals surface area contributed by atoms with E-state index in [-0.39, 0.29) is 30.6 Å². The van der Waals surface area contributed by atoms with E-state index in [4.69, 9.17) is 28.1 Å². The lowest BCUT2D eigenvalue weighted by Crippen LogP contribution is -2.66. The minimum absolute atomic E-state index is 0.00569. The SMILES string of the molecule is COCCOCOc1ccc(OC(=O)c2ccccc2)cc1Cc1cc(O)cc(CO[Si](c2ccccc2)(c2ccccc2)C(C)(C)C)c1OC. The molecule has 0 amide bonds. The van der Waals surface area contributed by atoms with Gasteiger partial charge in [0.2, 0.25) is 0 Å². The van der Waals surface area contributed by atoms with Crippen molar-refractivity contribution < 1.29 is 38.0 Å². The first-order valence-corrected chi connectivity index (χ1v) is 18.8. The second-order valence-corrected chi connectivity index (χ2v) is 17.4. The van der Waals surface area contributed by atoms with Crippen LogP contribution in [0.25, 0.3) is 0 Å². The fraction of sp³-hybridized carbons (Fsp3) is 0.262. The van der Waals surface area contributed by atoms with Crippen LogP contribution in [0, 0.1) is 0 Å². The summed E-state index contributed by atoms with van der Waals surface area (Å²) in [6.07, 6.45) is 0.286. The summed E-state index contributed by atoms with van der Waals surface area (Å²) in [4.78, 5) is 12.9. The number of benzene rings is 5. The van der Waals surface area contributed by atoms with E-state index >= 15 is 0 Å². The van der Waals surface area contributed by atoms with Gasteiger partial charge >= 0.3 is 5.97 Å². The van der Waals surface area contributed by atoms with E-state index in [0.717, 1.165) is 10.4 Å². The Bertz CT molecular complexity index is 1820. The van der Waals surface area contributed by atoms with Crippen molar-refractivity contribution >= 4 is 24.7 Å². The highest BCUT2D eigenvalue weighted by molar-refractivity contribution is 6.99. The number of esters is 1. The molecule has 9 heteroatoms. The van der Waals surface area contributed by atoms with Crippen LogP contribution in [-0.4, -0.2) is 53.6 Å². The third-order valence-electron chi connectivity index (χ3n) is 8.66. The molecule has 5 aromatic carbocycles. The number of carbonyl (C=O) groups is 1. The summed E-state index contributed by atoms with van der Waals surface area (Å²) < 4.78 is 35.7. The number of rotatable bonds is 16. The van der Waals surface area contributed by atoms with Gasteiger partial charge in [0.1, 0.15) is 23.0 Å². The summed E-state index contributed by atoms with van der Waals surface area (Å²) in [6.45, 7) is 7.67. The molecule has 0 radical (unpaired) electrons. The van der Waals surface area contributed by atoms with Gasteiger partial charge in [-0.05, 0) is 57.9 Å². The Morgan fingerprint density at radius 1 is 0.725 bits per heavy atom. The first-order chi connectivity index (χ1) is 24.7. The van der Waals surface area contributed by atoms with Crippen molar-refractivity contribution in [2.45, 2.75) is 38.8 Å². The van der Waals surface area contributed by atoms with E-state index in [9.17, 15) is 9.90 Å². The highest BCUT2D eigenvalue weighted by Crippen LogP contribution is 2.40. The molecule has 0 atom stereocenters.